The van der Waals surface area contributed by atoms with E-state index in [1.54, 1.807) is 12.1 Å². The van der Waals surface area contributed by atoms with Gasteiger partial charge in [0, 0.05) is 30.9 Å². The van der Waals surface area contributed by atoms with E-state index in [0.29, 0.717) is 16.6 Å². The molecule has 4 heteroatoms. The van der Waals surface area contributed by atoms with Gasteiger partial charge in [-0.2, -0.15) is 0 Å². The van der Waals surface area contributed by atoms with E-state index in [1.807, 2.05) is 6.07 Å². The molecular formula is C13H18BrFN2. The Morgan fingerprint density at radius 2 is 2.24 bits per heavy atom. The normalized spacial score (nSPS) is 21.1. The lowest BCUT2D eigenvalue weighted by Gasteiger charge is -2.20. The third kappa shape index (κ3) is 3.19. The van der Waals surface area contributed by atoms with Gasteiger partial charge in [-0.15, -0.1) is 0 Å². The van der Waals surface area contributed by atoms with E-state index in [-0.39, 0.29) is 5.82 Å². The molecule has 2 nitrogen and oxygen atoms in total. The van der Waals surface area contributed by atoms with Crippen LogP contribution in [-0.4, -0.2) is 30.1 Å². The Hall–Kier alpha value is -0.610. The molecule has 17 heavy (non-hydrogen) atoms. The summed E-state index contributed by atoms with van der Waals surface area (Å²) in [4.78, 5) is 2.44. The highest BCUT2D eigenvalue weighted by Crippen LogP contribution is 2.22. The molecule has 0 aliphatic carbocycles. The van der Waals surface area contributed by atoms with E-state index >= 15 is 0 Å². The van der Waals surface area contributed by atoms with Crippen molar-refractivity contribution in [3.63, 3.8) is 0 Å². The predicted octanol–water partition coefficient (Wildman–Crippen LogP) is 3.48. The monoisotopic (exact) mass is 300 g/mol. The number of benzene rings is 1. The van der Waals surface area contributed by atoms with Crippen LogP contribution in [0.4, 0.5) is 10.1 Å². The maximum absolute atomic E-state index is 13.4. The van der Waals surface area contributed by atoms with Crippen LogP contribution in [0.5, 0.6) is 0 Å². The van der Waals surface area contributed by atoms with Crippen molar-refractivity contribution >= 4 is 21.6 Å². The molecule has 1 aliphatic rings. The van der Waals surface area contributed by atoms with Crippen molar-refractivity contribution in [2.75, 3.05) is 18.4 Å². The molecule has 0 saturated carbocycles. The molecule has 1 fully saturated rings. The van der Waals surface area contributed by atoms with E-state index in [9.17, 15) is 4.39 Å². The van der Waals surface area contributed by atoms with Crippen LogP contribution in [0.25, 0.3) is 0 Å². The summed E-state index contributed by atoms with van der Waals surface area (Å²) in [5, 5.41) is 3.39. The quantitative estimate of drug-likeness (QED) is 0.919. The Balaban J connectivity index is 1.96. The third-order valence-corrected chi connectivity index (χ3v) is 3.88. The average molecular weight is 301 g/mol. The second-order valence-electron chi connectivity index (χ2n) is 4.85. The van der Waals surface area contributed by atoms with Gasteiger partial charge in [-0.3, -0.25) is 4.90 Å². The van der Waals surface area contributed by atoms with Gasteiger partial charge in [0.25, 0.3) is 0 Å². The van der Waals surface area contributed by atoms with Crippen molar-refractivity contribution in [3.05, 3.63) is 28.5 Å². The highest BCUT2D eigenvalue weighted by molar-refractivity contribution is 9.10. The SMILES string of the molecule is CC(C)N1CCC(Nc2ccc(Br)c(F)c2)C1. The van der Waals surface area contributed by atoms with E-state index in [1.165, 1.54) is 0 Å². The summed E-state index contributed by atoms with van der Waals surface area (Å²) in [5.41, 5.74) is 0.862. The van der Waals surface area contributed by atoms with Gasteiger partial charge in [0.2, 0.25) is 0 Å². The van der Waals surface area contributed by atoms with Gasteiger partial charge in [-0.05, 0) is 54.4 Å². The molecule has 1 aliphatic heterocycles. The minimum absolute atomic E-state index is 0.214. The van der Waals surface area contributed by atoms with Gasteiger partial charge < -0.3 is 5.32 Å². The molecule has 0 spiro atoms. The molecule has 0 amide bonds. The van der Waals surface area contributed by atoms with Crippen LogP contribution in [0, 0.1) is 5.82 Å². The zero-order chi connectivity index (χ0) is 12.4. The van der Waals surface area contributed by atoms with E-state index in [2.05, 4.69) is 40.0 Å². The summed E-state index contributed by atoms with van der Waals surface area (Å²) in [6, 6.07) is 6.21. The molecule has 1 N–H and O–H groups in total. The molecule has 1 heterocycles. The first-order valence-corrected chi connectivity index (χ1v) is 6.81. The molecule has 1 atom stereocenters. The first kappa shape index (κ1) is 12.8. The van der Waals surface area contributed by atoms with E-state index in [0.717, 1.165) is 25.2 Å². The second-order valence-corrected chi connectivity index (χ2v) is 5.70. The zero-order valence-corrected chi connectivity index (χ0v) is 11.8. The first-order chi connectivity index (χ1) is 8.06. The molecule has 2 rings (SSSR count). The van der Waals surface area contributed by atoms with Crippen LogP contribution in [-0.2, 0) is 0 Å². The van der Waals surface area contributed by atoms with E-state index in [4.69, 9.17) is 0 Å². The number of anilines is 1. The number of rotatable bonds is 3. The van der Waals surface area contributed by atoms with Crippen molar-refractivity contribution < 1.29 is 4.39 Å². The van der Waals surface area contributed by atoms with E-state index < -0.39 is 0 Å². The molecule has 1 unspecified atom stereocenters. The Morgan fingerprint density at radius 3 is 2.82 bits per heavy atom. The van der Waals surface area contributed by atoms with Gasteiger partial charge in [0.15, 0.2) is 0 Å². The van der Waals surface area contributed by atoms with Gasteiger partial charge in [0.05, 0.1) is 4.47 Å². The minimum Gasteiger partial charge on any atom is -0.381 e. The Labute approximate surface area is 110 Å². The number of hydrogen-bond donors (Lipinski definition) is 1. The van der Waals surface area contributed by atoms with Gasteiger partial charge >= 0.3 is 0 Å². The number of nitrogens with zero attached hydrogens (tertiary/aromatic N) is 1. The molecule has 1 aromatic rings. The maximum Gasteiger partial charge on any atom is 0.139 e. The molecule has 1 aromatic carbocycles. The van der Waals surface area contributed by atoms with Crippen LogP contribution in [0.2, 0.25) is 0 Å². The van der Waals surface area contributed by atoms with Crippen molar-refractivity contribution in [1.29, 1.82) is 0 Å². The highest BCUT2D eigenvalue weighted by Gasteiger charge is 2.23. The molecular weight excluding hydrogens is 283 g/mol. The lowest BCUT2D eigenvalue weighted by Crippen LogP contribution is -2.31. The number of nitrogens with one attached hydrogen (secondary N) is 1. The van der Waals surface area contributed by atoms with Gasteiger partial charge in [-0.25, -0.2) is 4.39 Å². The van der Waals surface area contributed by atoms with Crippen molar-refractivity contribution in [3.8, 4) is 0 Å². The second kappa shape index (κ2) is 5.36. The van der Waals surface area contributed by atoms with Gasteiger partial charge in [0.1, 0.15) is 5.82 Å². The minimum atomic E-state index is -0.214. The predicted molar refractivity (Wildman–Crippen MR) is 72.8 cm³/mol. The number of hydrogen-bond acceptors (Lipinski definition) is 2. The Bertz CT molecular complexity index is 395. The fourth-order valence-electron chi connectivity index (χ4n) is 2.20. The molecule has 0 radical (unpaired) electrons. The zero-order valence-electron chi connectivity index (χ0n) is 10.2. The Kier molecular flexibility index (Phi) is 4.05. The molecule has 0 bridgehead atoms. The van der Waals surface area contributed by atoms with Crippen LogP contribution < -0.4 is 5.32 Å². The lowest BCUT2D eigenvalue weighted by molar-refractivity contribution is 0.274. The highest BCUT2D eigenvalue weighted by atomic mass is 79.9. The lowest BCUT2D eigenvalue weighted by atomic mass is 10.2. The number of likely N-dealkylation sites (tertiary alicyclic amines) is 1. The summed E-state index contributed by atoms with van der Waals surface area (Å²) < 4.78 is 13.9. The van der Waals surface area contributed by atoms with Crippen LogP contribution >= 0.6 is 15.9 Å². The van der Waals surface area contributed by atoms with Crippen LogP contribution in [0.3, 0.4) is 0 Å². The summed E-state index contributed by atoms with van der Waals surface area (Å²) in [5.74, 6) is -0.214. The summed E-state index contributed by atoms with van der Waals surface area (Å²) >= 11 is 3.16. The largest absolute Gasteiger partial charge is 0.381 e. The summed E-state index contributed by atoms with van der Waals surface area (Å²) in [6.45, 7) is 6.58. The fourth-order valence-corrected chi connectivity index (χ4v) is 2.44. The average Bonchev–Trinajstić information content (AvgIpc) is 2.72. The maximum atomic E-state index is 13.4. The topological polar surface area (TPSA) is 15.3 Å². The van der Waals surface area contributed by atoms with Crippen molar-refractivity contribution in [2.24, 2.45) is 0 Å². The standard InChI is InChI=1S/C13H18BrFN2/c1-9(2)17-6-5-11(8-17)16-10-3-4-12(14)13(15)7-10/h3-4,7,9,11,16H,5-6,8H2,1-2H3. The smallest absolute Gasteiger partial charge is 0.139 e. The summed E-state index contributed by atoms with van der Waals surface area (Å²) in [7, 11) is 0. The Morgan fingerprint density at radius 1 is 1.47 bits per heavy atom. The van der Waals surface area contributed by atoms with Crippen LogP contribution in [0.1, 0.15) is 20.3 Å². The third-order valence-electron chi connectivity index (χ3n) is 3.24. The molecule has 0 aromatic heterocycles. The number of halogens is 2. The van der Waals surface area contributed by atoms with Crippen molar-refractivity contribution in [1.82, 2.24) is 4.90 Å². The fraction of sp³-hybridized carbons (Fsp3) is 0.538. The summed E-state index contributed by atoms with van der Waals surface area (Å²) in [6.07, 6.45) is 1.12. The molecule has 1 saturated heterocycles. The van der Waals surface area contributed by atoms with Crippen molar-refractivity contribution in [2.45, 2.75) is 32.4 Å². The first-order valence-electron chi connectivity index (χ1n) is 6.02. The van der Waals surface area contributed by atoms with Gasteiger partial charge in [-0.1, -0.05) is 0 Å². The van der Waals surface area contributed by atoms with Crippen LogP contribution in [0.15, 0.2) is 22.7 Å². The molecule has 94 valence electrons.